The Morgan fingerprint density at radius 3 is 2.95 bits per heavy atom. The Labute approximate surface area is 133 Å². The zero-order chi connectivity index (χ0) is 14.1. The van der Waals surface area contributed by atoms with Crippen molar-refractivity contribution in [1.82, 2.24) is 4.90 Å². The maximum Gasteiger partial charge on any atom is 0.263 e. The number of fused-ring (bicyclic) bond motifs is 1. The van der Waals surface area contributed by atoms with E-state index < -0.39 is 0 Å². The van der Waals surface area contributed by atoms with Gasteiger partial charge in [0.1, 0.15) is 0 Å². The molecule has 1 aromatic heterocycles. The Bertz CT molecular complexity index is 479. The van der Waals surface area contributed by atoms with Crippen molar-refractivity contribution in [3.05, 3.63) is 21.4 Å². The summed E-state index contributed by atoms with van der Waals surface area (Å²) >= 11 is 10.1. The number of nitrogens with zero attached hydrogens (tertiary/aromatic N) is 1. The van der Waals surface area contributed by atoms with Gasteiger partial charge in [0.05, 0.1) is 10.3 Å². The molecule has 1 amide bonds. The molecule has 2 atom stereocenters. The molecule has 1 aliphatic heterocycles. The monoisotopic (exact) mass is 329 g/mol. The summed E-state index contributed by atoms with van der Waals surface area (Å²) in [7, 11) is 1.92. The second kappa shape index (κ2) is 6.29. The van der Waals surface area contributed by atoms with E-state index >= 15 is 0 Å². The second-order valence-corrected chi connectivity index (χ2v) is 8.45. The number of hydrogen-bond acceptors (Lipinski definition) is 3. The Balaban J connectivity index is 1.75. The fourth-order valence-corrected chi connectivity index (χ4v) is 5.88. The Morgan fingerprint density at radius 2 is 2.20 bits per heavy atom. The molecule has 0 N–H and O–H groups in total. The summed E-state index contributed by atoms with van der Waals surface area (Å²) in [5.41, 5.74) is 1.37. The van der Waals surface area contributed by atoms with Crippen LogP contribution in [-0.4, -0.2) is 35.0 Å². The molecule has 0 bridgehead atoms. The van der Waals surface area contributed by atoms with Gasteiger partial charge in [0.15, 0.2) is 0 Å². The molecule has 0 spiro atoms. The SMILES string of the molecule is CN(C(=O)c1cc2c(s1)CCSC2)C1CCCCC1Cl. The Kier molecular flexibility index (Phi) is 4.63. The number of carbonyl (C=O) groups excluding carboxylic acids is 1. The highest BCUT2D eigenvalue weighted by atomic mass is 35.5. The highest BCUT2D eigenvalue weighted by molar-refractivity contribution is 7.98. The fraction of sp³-hybridized carbons (Fsp3) is 0.667. The van der Waals surface area contributed by atoms with Crippen molar-refractivity contribution in [3.8, 4) is 0 Å². The Morgan fingerprint density at radius 1 is 1.40 bits per heavy atom. The maximum atomic E-state index is 12.7. The van der Waals surface area contributed by atoms with Crippen molar-refractivity contribution in [3.63, 3.8) is 0 Å². The topological polar surface area (TPSA) is 20.3 Å². The minimum Gasteiger partial charge on any atom is -0.337 e. The van der Waals surface area contributed by atoms with Crippen LogP contribution >= 0.6 is 34.7 Å². The molecule has 2 unspecified atom stereocenters. The molecule has 20 heavy (non-hydrogen) atoms. The lowest BCUT2D eigenvalue weighted by Gasteiger charge is -2.34. The van der Waals surface area contributed by atoms with Crippen LogP contribution in [0, 0.1) is 0 Å². The molecule has 5 heteroatoms. The summed E-state index contributed by atoms with van der Waals surface area (Å²) in [5.74, 6) is 2.40. The van der Waals surface area contributed by atoms with E-state index in [2.05, 4.69) is 6.07 Å². The van der Waals surface area contributed by atoms with Crippen molar-refractivity contribution in [2.45, 2.75) is 49.3 Å². The summed E-state index contributed by atoms with van der Waals surface area (Å²) in [4.78, 5) is 16.9. The largest absolute Gasteiger partial charge is 0.337 e. The van der Waals surface area contributed by atoms with Crippen molar-refractivity contribution in [1.29, 1.82) is 0 Å². The number of thiophene rings is 1. The highest BCUT2D eigenvalue weighted by Gasteiger charge is 2.31. The number of hydrogen-bond donors (Lipinski definition) is 0. The van der Waals surface area contributed by atoms with Crippen LogP contribution in [0.2, 0.25) is 0 Å². The van der Waals surface area contributed by atoms with Gasteiger partial charge in [-0.15, -0.1) is 22.9 Å². The summed E-state index contributed by atoms with van der Waals surface area (Å²) < 4.78 is 0. The highest BCUT2D eigenvalue weighted by Crippen LogP contribution is 2.33. The lowest BCUT2D eigenvalue weighted by atomic mass is 9.94. The first-order valence-electron chi connectivity index (χ1n) is 7.27. The van der Waals surface area contributed by atoms with Gasteiger partial charge in [0.2, 0.25) is 0 Å². The number of rotatable bonds is 2. The van der Waals surface area contributed by atoms with E-state index in [9.17, 15) is 4.79 Å². The molecule has 1 saturated carbocycles. The van der Waals surface area contributed by atoms with Gasteiger partial charge in [-0.1, -0.05) is 12.8 Å². The quantitative estimate of drug-likeness (QED) is 0.759. The average Bonchev–Trinajstić information content (AvgIpc) is 2.90. The van der Waals surface area contributed by atoms with Crippen LogP contribution in [0.4, 0.5) is 0 Å². The van der Waals surface area contributed by atoms with E-state index in [0.29, 0.717) is 0 Å². The van der Waals surface area contributed by atoms with E-state index in [1.54, 1.807) is 11.3 Å². The van der Waals surface area contributed by atoms with E-state index in [1.165, 1.54) is 29.0 Å². The van der Waals surface area contributed by atoms with E-state index in [1.807, 2.05) is 23.7 Å². The molecule has 0 aromatic carbocycles. The second-order valence-electron chi connectivity index (χ2n) is 5.65. The number of alkyl halides is 1. The minimum absolute atomic E-state index is 0.114. The van der Waals surface area contributed by atoms with Crippen molar-refractivity contribution in [2.24, 2.45) is 0 Å². The van der Waals surface area contributed by atoms with Gasteiger partial charge >= 0.3 is 0 Å². The van der Waals surface area contributed by atoms with Crippen LogP contribution in [0.5, 0.6) is 0 Å². The molecule has 2 heterocycles. The minimum atomic E-state index is 0.114. The summed E-state index contributed by atoms with van der Waals surface area (Å²) in [6.07, 6.45) is 5.56. The maximum absolute atomic E-state index is 12.7. The number of amides is 1. The Hall–Kier alpha value is -0.190. The third-order valence-electron chi connectivity index (χ3n) is 4.30. The van der Waals surface area contributed by atoms with E-state index in [0.717, 1.165) is 29.9 Å². The van der Waals surface area contributed by atoms with Gasteiger partial charge < -0.3 is 4.90 Å². The molecule has 3 rings (SSSR count). The van der Waals surface area contributed by atoms with Crippen LogP contribution in [0.1, 0.15) is 45.8 Å². The number of aryl methyl sites for hydroxylation is 1. The zero-order valence-corrected chi connectivity index (χ0v) is 14.1. The number of thioether (sulfide) groups is 1. The van der Waals surface area contributed by atoms with E-state index in [4.69, 9.17) is 11.6 Å². The van der Waals surface area contributed by atoms with Gasteiger partial charge in [-0.05, 0) is 36.6 Å². The van der Waals surface area contributed by atoms with Crippen molar-refractivity contribution < 1.29 is 4.79 Å². The third kappa shape index (κ3) is 2.88. The van der Waals surface area contributed by atoms with Crippen molar-refractivity contribution >= 4 is 40.6 Å². The van der Waals surface area contributed by atoms with Gasteiger partial charge in [-0.3, -0.25) is 4.79 Å². The molecule has 110 valence electrons. The average molecular weight is 330 g/mol. The zero-order valence-electron chi connectivity index (χ0n) is 11.7. The predicted octanol–water partition coefficient (Wildman–Crippen LogP) is 4.16. The molecule has 2 aliphatic rings. The molecule has 2 nitrogen and oxygen atoms in total. The fourth-order valence-electron chi connectivity index (χ4n) is 3.08. The molecule has 1 aromatic rings. The van der Waals surface area contributed by atoms with Gasteiger partial charge in [-0.2, -0.15) is 11.8 Å². The summed E-state index contributed by atoms with van der Waals surface area (Å²) in [6.45, 7) is 0. The van der Waals surface area contributed by atoms with Crippen LogP contribution in [0.3, 0.4) is 0 Å². The van der Waals surface area contributed by atoms with Crippen molar-refractivity contribution in [2.75, 3.05) is 12.8 Å². The molecular formula is C15H20ClNOS2. The molecule has 0 radical (unpaired) electrons. The lowest BCUT2D eigenvalue weighted by Crippen LogP contribution is -2.44. The molecule has 0 saturated heterocycles. The first-order valence-corrected chi connectivity index (χ1v) is 9.68. The first-order chi connectivity index (χ1) is 9.66. The number of halogens is 1. The predicted molar refractivity (Wildman–Crippen MR) is 88.2 cm³/mol. The van der Waals surface area contributed by atoms with Crippen LogP contribution < -0.4 is 0 Å². The third-order valence-corrected chi connectivity index (χ3v) is 7.05. The van der Waals surface area contributed by atoms with Gasteiger partial charge in [-0.25, -0.2) is 0 Å². The van der Waals surface area contributed by atoms with E-state index in [-0.39, 0.29) is 17.3 Å². The lowest BCUT2D eigenvalue weighted by molar-refractivity contribution is 0.0705. The summed E-state index contributed by atoms with van der Waals surface area (Å²) in [6, 6.07) is 2.31. The van der Waals surface area contributed by atoms with Crippen LogP contribution in [0.25, 0.3) is 0 Å². The van der Waals surface area contributed by atoms with Gasteiger partial charge in [0.25, 0.3) is 5.91 Å². The number of carbonyl (C=O) groups is 1. The van der Waals surface area contributed by atoms with Crippen LogP contribution in [-0.2, 0) is 12.2 Å². The first kappa shape index (κ1) is 14.7. The van der Waals surface area contributed by atoms with Gasteiger partial charge in [0, 0.05) is 23.7 Å². The molecule has 1 fully saturated rings. The smallest absolute Gasteiger partial charge is 0.263 e. The summed E-state index contributed by atoms with van der Waals surface area (Å²) in [5, 5.41) is 0.114. The molecule has 1 aliphatic carbocycles. The molecular weight excluding hydrogens is 310 g/mol. The normalized spacial score (nSPS) is 26.1. The standard InChI is InChI=1S/C15H20ClNOS2/c1-17(12-5-3-2-4-11(12)16)15(18)14-8-10-9-19-7-6-13(10)20-14/h8,11-12H,2-7,9H2,1H3. The van der Waals surface area contributed by atoms with Crippen LogP contribution in [0.15, 0.2) is 6.07 Å².